The van der Waals surface area contributed by atoms with Gasteiger partial charge in [-0.1, -0.05) is 6.58 Å². The molecule has 0 spiro atoms. The molecule has 0 radical (unpaired) electrons. The standard InChI is InChI=1S/C23H19F3N8/c1-14(32-16-3-2-6-27-10-16)17-13-31-34-8-4-15(9-20(17)34)18-11-29-21-19(18)12-30-22(33-21)28-7-5-23(24,25)26/h2-4,6,8-13,32H,1,5,7H2,(H2,28,29,30,33). The summed E-state index contributed by atoms with van der Waals surface area (Å²) < 4.78 is 38.9. The molecule has 5 rings (SSSR count). The van der Waals surface area contributed by atoms with E-state index in [2.05, 4.69) is 42.2 Å². The maximum atomic E-state index is 12.4. The number of pyridine rings is 2. The highest BCUT2D eigenvalue weighted by Gasteiger charge is 2.26. The van der Waals surface area contributed by atoms with Crippen molar-refractivity contribution in [2.45, 2.75) is 12.6 Å². The smallest absolute Gasteiger partial charge is 0.354 e. The van der Waals surface area contributed by atoms with Gasteiger partial charge in [0.1, 0.15) is 5.65 Å². The van der Waals surface area contributed by atoms with E-state index in [-0.39, 0.29) is 12.5 Å². The molecule has 172 valence electrons. The SMILES string of the molecule is C=C(Nc1cccnc1)c1cnn2ccc(-c3c[nH]c4nc(NCCC(F)(F)F)ncc34)cc12. The van der Waals surface area contributed by atoms with Gasteiger partial charge in [0.25, 0.3) is 0 Å². The number of halogens is 3. The van der Waals surface area contributed by atoms with Gasteiger partial charge in [-0.15, -0.1) is 0 Å². The Bertz CT molecular complexity index is 1470. The first-order valence-electron chi connectivity index (χ1n) is 10.4. The molecule has 0 amide bonds. The summed E-state index contributed by atoms with van der Waals surface area (Å²) in [5.74, 6) is 0.136. The molecule has 0 aliphatic heterocycles. The van der Waals surface area contributed by atoms with E-state index in [4.69, 9.17) is 0 Å². The van der Waals surface area contributed by atoms with Crippen LogP contribution in [0.3, 0.4) is 0 Å². The predicted octanol–water partition coefficient (Wildman–Crippen LogP) is 5.11. The lowest BCUT2D eigenvalue weighted by Gasteiger charge is -2.09. The fourth-order valence-corrected chi connectivity index (χ4v) is 3.61. The number of rotatable bonds is 7. The van der Waals surface area contributed by atoms with Gasteiger partial charge in [-0.05, 0) is 29.8 Å². The number of aromatic nitrogens is 6. The molecule has 5 aromatic heterocycles. The number of nitrogens with zero attached hydrogens (tertiary/aromatic N) is 5. The van der Waals surface area contributed by atoms with Crippen molar-refractivity contribution in [1.82, 2.24) is 29.5 Å². The second-order valence-corrected chi connectivity index (χ2v) is 7.60. The van der Waals surface area contributed by atoms with Crippen molar-refractivity contribution in [3.8, 4) is 11.1 Å². The summed E-state index contributed by atoms with van der Waals surface area (Å²) in [5, 5.41) is 11.0. The van der Waals surface area contributed by atoms with Crippen molar-refractivity contribution >= 4 is 33.9 Å². The molecule has 0 saturated heterocycles. The average Bonchev–Trinajstić information content (AvgIpc) is 3.42. The van der Waals surface area contributed by atoms with Crippen LogP contribution in [0.15, 0.2) is 68.0 Å². The van der Waals surface area contributed by atoms with Gasteiger partial charge in [-0.3, -0.25) is 4.98 Å². The summed E-state index contributed by atoms with van der Waals surface area (Å²) >= 11 is 0. The zero-order valence-electron chi connectivity index (χ0n) is 17.8. The van der Waals surface area contributed by atoms with E-state index in [1.165, 1.54) is 0 Å². The van der Waals surface area contributed by atoms with Gasteiger partial charge in [0.15, 0.2) is 0 Å². The second kappa shape index (κ2) is 8.50. The molecule has 0 aliphatic carbocycles. The van der Waals surface area contributed by atoms with E-state index in [0.29, 0.717) is 11.3 Å². The van der Waals surface area contributed by atoms with E-state index < -0.39 is 12.6 Å². The lowest BCUT2D eigenvalue weighted by atomic mass is 10.1. The molecular formula is C23H19F3N8. The van der Waals surface area contributed by atoms with E-state index in [1.807, 2.05) is 30.5 Å². The topological polar surface area (TPSA) is 95.8 Å². The van der Waals surface area contributed by atoms with E-state index in [1.54, 1.807) is 35.5 Å². The molecule has 11 heteroatoms. The number of aromatic amines is 1. The molecule has 34 heavy (non-hydrogen) atoms. The van der Waals surface area contributed by atoms with Crippen molar-refractivity contribution in [1.29, 1.82) is 0 Å². The molecule has 0 fully saturated rings. The average molecular weight is 464 g/mol. The van der Waals surface area contributed by atoms with Gasteiger partial charge >= 0.3 is 6.18 Å². The van der Waals surface area contributed by atoms with Crippen LogP contribution in [0.25, 0.3) is 33.4 Å². The highest BCUT2D eigenvalue weighted by molar-refractivity contribution is 5.95. The zero-order chi connectivity index (χ0) is 23.7. The van der Waals surface area contributed by atoms with E-state index in [0.717, 1.165) is 33.3 Å². The van der Waals surface area contributed by atoms with Crippen molar-refractivity contribution < 1.29 is 13.2 Å². The molecule has 0 bridgehead atoms. The Hall–Kier alpha value is -4.41. The molecular weight excluding hydrogens is 445 g/mol. The van der Waals surface area contributed by atoms with Crippen molar-refractivity contribution in [2.75, 3.05) is 17.2 Å². The molecule has 5 heterocycles. The summed E-state index contributed by atoms with van der Waals surface area (Å²) in [4.78, 5) is 15.6. The van der Waals surface area contributed by atoms with Crippen LogP contribution in [-0.4, -0.2) is 42.3 Å². The van der Waals surface area contributed by atoms with Gasteiger partial charge in [0.05, 0.1) is 30.0 Å². The Labute approximate surface area is 191 Å². The number of fused-ring (bicyclic) bond motifs is 2. The molecule has 0 aromatic carbocycles. The third kappa shape index (κ3) is 4.40. The minimum Gasteiger partial charge on any atom is -0.354 e. The number of hydrogen-bond donors (Lipinski definition) is 3. The van der Waals surface area contributed by atoms with Crippen LogP contribution in [0.4, 0.5) is 24.8 Å². The van der Waals surface area contributed by atoms with E-state index >= 15 is 0 Å². The lowest BCUT2D eigenvalue weighted by molar-refractivity contribution is -0.131. The number of hydrogen-bond acceptors (Lipinski definition) is 6. The molecule has 5 aromatic rings. The van der Waals surface area contributed by atoms with Gasteiger partial charge in [0, 0.05) is 53.5 Å². The highest BCUT2D eigenvalue weighted by atomic mass is 19.4. The Kier molecular flexibility index (Phi) is 5.36. The molecule has 0 atom stereocenters. The molecule has 0 unspecified atom stereocenters. The first-order valence-corrected chi connectivity index (χ1v) is 10.4. The largest absolute Gasteiger partial charge is 0.390 e. The van der Waals surface area contributed by atoms with Crippen LogP contribution < -0.4 is 10.6 Å². The normalized spacial score (nSPS) is 11.7. The maximum Gasteiger partial charge on any atom is 0.390 e. The van der Waals surface area contributed by atoms with Gasteiger partial charge in [-0.25, -0.2) is 9.50 Å². The summed E-state index contributed by atoms with van der Waals surface area (Å²) in [6.45, 7) is 3.85. The first kappa shape index (κ1) is 21.4. The Morgan fingerprint density at radius 2 is 2.06 bits per heavy atom. The summed E-state index contributed by atoms with van der Waals surface area (Å²) in [6.07, 6.45) is 5.18. The van der Waals surface area contributed by atoms with Gasteiger partial charge in [0.2, 0.25) is 5.95 Å². The van der Waals surface area contributed by atoms with Crippen molar-refractivity contribution in [3.63, 3.8) is 0 Å². The van der Waals surface area contributed by atoms with Crippen molar-refractivity contribution in [3.05, 3.63) is 73.6 Å². The van der Waals surface area contributed by atoms with Crippen molar-refractivity contribution in [2.24, 2.45) is 0 Å². The number of nitrogens with one attached hydrogen (secondary N) is 3. The van der Waals surface area contributed by atoms with E-state index in [9.17, 15) is 13.2 Å². The highest BCUT2D eigenvalue weighted by Crippen LogP contribution is 2.30. The molecule has 3 N–H and O–H groups in total. The zero-order valence-corrected chi connectivity index (χ0v) is 17.8. The van der Waals surface area contributed by atoms with Crippen LogP contribution in [0.5, 0.6) is 0 Å². The summed E-state index contributed by atoms with van der Waals surface area (Å²) in [7, 11) is 0. The summed E-state index contributed by atoms with van der Waals surface area (Å²) in [6, 6.07) is 7.63. The second-order valence-electron chi connectivity index (χ2n) is 7.60. The monoisotopic (exact) mass is 464 g/mol. The minimum atomic E-state index is -4.24. The van der Waals surface area contributed by atoms with Crippen LogP contribution in [-0.2, 0) is 0 Å². The van der Waals surface area contributed by atoms with Crippen LogP contribution in [0.2, 0.25) is 0 Å². The fourth-order valence-electron chi connectivity index (χ4n) is 3.61. The predicted molar refractivity (Wildman–Crippen MR) is 124 cm³/mol. The molecule has 0 aliphatic rings. The molecule has 0 saturated carbocycles. The first-order chi connectivity index (χ1) is 16.4. The summed E-state index contributed by atoms with van der Waals surface area (Å²) in [5.41, 5.74) is 5.45. The number of anilines is 2. The van der Waals surface area contributed by atoms with Crippen LogP contribution in [0, 0.1) is 0 Å². The number of alkyl halides is 3. The quantitative estimate of drug-likeness (QED) is 0.310. The Morgan fingerprint density at radius 3 is 2.85 bits per heavy atom. The number of H-pyrrole nitrogens is 1. The van der Waals surface area contributed by atoms with Gasteiger partial charge in [-0.2, -0.15) is 23.3 Å². The Morgan fingerprint density at radius 1 is 1.18 bits per heavy atom. The molecule has 8 nitrogen and oxygen atoms in total. The minimum absolute atomic E-state index is 0.136. The third-order valence-corrected chi connectivity index (χ3v) is 5.24. The van der Waals surface area contributed by atoms with Gasteiger partial charge < -0.3 is 15.6 Å². The lowest BCUT2D eigenvalue weighted by Crippen LogP contribution is -2.15. The van der Waals surface area contributed by atoms with Crippen LogP contribution >= 0.6 is 0 Å². The van der Waals surface area contributed by atoms with Crippen LogP contribution in [0.1, 0.15) is 12.0 Å². The Balaban J connectivity index is 1.42. The third-order valence-electron chi connectivity index (χ3n) is 5.24. The maximum absolute atomic E-state index is 12.4. The fraction of sp³-hybridized carbons (Fsp3) is 0.130.